The monoisotopic (exact) mass is 295 g/mol. The first-order valence-electron chi connectivity index (χ1n) is 7.25. The van der Waals surface area contributed by atoms with Crippen molar-refractivity contribution in [3.8, 4) is 0 Å². The lowest BCUT2D eigenvalue weighted by atomic mass is 9.92. The molecule has 1 unspecified atom stereocenters. The largest absolute Gasteiger partial charge is 0.481 e. The van der Waals surface area contributed by atoms with Crippen molar-refractivity contribution in [2.24, 2.45) is 5.92 Å². The summed E-state index contributed by atoms with van der Waals surface area (Å²) in [5.41, 5.74) is 1.30. The van der Waals surface area contributed by atoms with Crippen LogP contribution in [0.4, 0.5) is 0 Å². The van der Waals surface area contributed by atoms with Crippen LogP contribution in [0.15, 0.2) is 24.3 Å². The van der Waals surface area contributed by atoms with Crippen LogP contribution in [0.25, 0.3) is 0 Å². The van der Waals surface area contributed by atoms with E-state index in [1.54, 1.807) is 0 Å². The predicted molar refractivity (Wildman–Crippen MR) is 81.2 cm³/mol. The SMILES string of the molecule is CC(Cc1ccc(Cl)cc1)N1CCC(CC(=O)O)CC1. The maximum Gasteiger partial charge on any atom is 0.303 e. The number of carboxylic acid groups (broad SMARTS) is 1. The molecule has 0 saturated carbocycles. The van der Waals surface area contributed by atoms with Gasteiger partial charge in [-0.2, -0.15) is 0 Å². The molecule has 0 radical (unpaired) electrons. The number of carbonyl (C=O) groups is 1. The minimum absolute atomic E-state index is 0.319. The summed E-state index contributed by atoms with van der Waals surface area (Å²) in [5, 5.41) is 9.61. The van der Waals surface area contributed by atoms with Crippen molar-refractivity contribution in [2.45, 2.75) is 38.6 Å². The molecule has 4 heteroatoms. The van der Waals surface area contributed by atoms with E-state index in [1.165, 1.54) is 5.56 Å². The third-order valence-electron chi connectivity index (χ3n) is 4.18. The van der Waals surface area contributed by atoms with E-state index in [-0.39, 0.29) is 0 Å². The van der Waals surface area contributed by atoms with Crippen molar-refractivity contribution in [1.82, 2.24) is 4.90 Å². The van der Waals surface area contributed by atoms with Crippen LogP contribution in [-0.2, 0) is 11.2 Å². The van der Waals surface area contributed by atoms with Crippen LogP contribution < -0.4 is 0 Å². The maximum absolute atomic E-state index is 10.7. The molecule has 3 nitrogen and oxygen atoms in total. The van der Waals surface area contributed by atoms with E-state index in [4.69, 9.17) is 16.7 Å². The molecule has 0 aliphatic carbocycles. The van der Waals surface area contributed by atoms with Crippen molar-refractivity contribution < 1.29 is 9.90 Å². The molecule has 1 aliphatic heterocycles. The quantitative estimate of drug-likeness (QED) is 0.904. The summed E-state index contributed by atoms with van der Waals surface area (Å²) in [6, 6.07) is 8.51. The Balaban J connectivity index is 1.81. The zero-order valence-electron chi connectivity index (χ0n) is 11.9. The molecule has 1 aliphatic rings. The Kier molecular flexibility index (Phi) is 5.44. The molecule has 110 valence electrons. The number of aliphatic carboxylic acids is 1. The van der Waals surface area contributed by atoms with Crippen molar-refractivity contribution in [3.05, 3.63) is 34.9 Å². The number of rotatable bonds is 5. The number of nitrogens with zero attached hydrogens (tertiary/aromatic N) is 1. The minimum Gasteiger partial charge on any atom is -0.481 e. The van der Waals surface area contributed by atoms with E-state index in [2.05, 4.69) is 24.0 Å². The first-order chi connectivity index (χ1) is 9.54. The molecule has 20 heavy (non-hydrogen) atoms. The number of halogens is 1. The molecule has 1 N–H and O–H groups in total. The number of hydrogen-bond donors (Lipinski definition) is 1. The smallest absolute Gasteiger partial charge is 0.303 e. The van der Waals surface area contributed by atoms with Gasteiger partial charge in [0.05, 0.1) is 0 Å². The van der Waals surface area contributed by atoms with Gasteiger partial charge in [0.25, 0.3) is 0 Å². The summed E-state index contributed by atoms with van der Waals surface area (Å²) in [4.78, 5) is 13.2. The standard InChI is InChI=1S/C16H22ClNO2/c1-12(10-13-2-4-15(17)5-3-13)18-8-6-14(7-9-18)11-16(19)20/h2-5,12,14H,6-11H2,1H3,(H,19,20). The third kappa shape index (κ3) is 4.50. The highest BCUT2D eigenvalue weighted by Crippen LogP contribution is 2.23. The topological polar surface area (TPSA) is 40.5 Å². The van der Waals surface area contributed by atoms with Gasteiger partial charge in [0, 0.05) is 17.5 Å². The summed E-state index contributed by atoms with van der Waals surface area (Å²) in [6.45, 7) is 4.26. The van der Waals surface area contributed by atoms with Crippen LogP contribution in [0.2, 0.25) is 5.02 Å². The van der Waals surface area contributed by atoms with Crippen LogP contribution in [0.3, 0.4) is 0 Å². The van der Waals surface area contributed by atoms with Gasteiger partial charge >= 0.3 is 5.97 Å². The highest BCUT2D eigenvalue weighted by atomic mass is 35.5. The second-order valence-electron chi connectivity index (χ2n) is 5.76. The van der Waals surface area contributed by atoms with Gasteiger partial charge in [-0.25, -0.2) is 0 Å². The van der Waals surface area contributed by atoms with Crippen LogP contribution >= 0.6 is 11.6 Å². The molecule has 1 aromatic carbocycles. The van der Waals surface area contributed by atoms with E-state index in [0.29, 0.717) is 18.4 Å². The van der Waals surface area contributed by atoms with Crippen molar-refractivity contribution >= 4 is 17.6 Å². The van der Waals surface area contributed by atoms with Gasteiger partial charge in [0.1, 0.15) is 0 Å². The molecular formula is C16H22ClNO2. The predicted octanol–water partition coefficient (Wildman–Crippen LogP) is 3.46. The molecule has 1 aromatic rings. The highest BCUT2D eigenvalue weighted by Gasteiger charge is 2.24. The number of piperidine rings is 1. The first kappa shape index (κ1) is 15.3. The summed E-state index contributed by atoms with van der Waals surface area (Å²) >= 11 is 5.90. The Morgan fingerprint density at radius 2 is 1.95 bits per heavy atom. The fourth-order valence-corrected chi connectivity index (χ4v) is 3.06. The number of carboxylic acids is 1. The van der Waals surface area contributed by atoms with Crippen molar-refractivity contribution in [2.75, 3.05) is 13.1 Å². The van der Waals surface area contributed by atoms with Crippen LogP contribution in [0.5, 0.6) is 0 Å². The highest BCUT2D eigenvalue weighted by molar-refractivity contribution is 6.30. The Labute approximate surface area is 125 Å². The Morgan fingerprint density at radius 3 is 2.50 bits per heavy atom. The van der Waals surface area contributed by atoms with Gasteiger partial charge < -0.3 is 10.0 Å². The van der Waals surface area contributed by atoms with E-state index < -0.39 is 5.97 Å². The molecule has 1 saturated heterocycles. The number of hydrogen-bond acceptors (Lipinski definition) is 2. The maximum atomic E-state index is 10.7. The summed E-state index contributed by atoms with van der Waals surface area (Å²) in [6.07, 6.45) is 3.33. The normalized spacial score (nSPS) is 18.9. The Morgan fingerprint density at radius 1 is 1.35 bits per heavy atom. The fraction of sp³-hybridized carbons (Fsp3) is 0.562. The zero-order valence-corrected chi connectivity index (χ0v) is 12.6. The van der Waals surface area contributed by atoms with Crippen LogP contribution in [-0.4, -0.2) is 35.1 Å². The van der Waals surface area contributed by atoms with Gasteiger partial charge in [0.2, 0.25) is 0 Å². The van der Waals surface area contributed by atoms with E-state index in [0.717, 1.165) is 37.4 Å². The van der Waals surface area contributed by atoms with Gasteiger partial charge in [-0.15, -0.1) is 0 Å². The van der Waals surface area contributed by atoms with E-state index >= 15 is 0 Å². The third-order valence-corrected chi connectivity index (χ3v) is 4.43. The second-order valence-corrected chi connectivity index (χ2v) is 6.19. The number of likely N-dealkylation sites (tertiary alicyclic amines) is 1. The van der Waals surface area contributed by atoms with Crippen LogP contribution in [0, 0.1) is 5.92 Å². The molecule has 1 heterocycles. The summed E-state index contributed by atoms with van der Waals surface area (Å²) in [7, 11) is 0. The molecule has 0 bridgehead atoms. The van der Waals surface area contributed by atoms with Crippen molar-refractivity contribution in [1.29, 1.82) is 0 Å². The molecular weight excluding hydrogens is 274 g/mol. The lowest BCUT2D eigenvalue weighted by Gasteiger charge is -2.35. The van der Waals surface area contributed by atoms with Gasteiger partial charge in [-0.05, 0) is 62.9 Å². The summed E-state index contributed by atoms with van der Waals surface area (Å²) < 4.78 is 0. The fourth-order valence-electron chi connectivity index (χ4n) is 2.94. The Hall–Kier alpha value is -1.06. The molecule has 1 atom stereocenters. The molecule has 1 fully saturated rings. The minimum atomic E-state index is -0.669. The molecule has 0 spiro atoms. The first-order valence-corrected chi connectivity index (χ1v) is 7.62. The van der Waals surface area contributed by atoms with Crippen LogP contribution in [0.1, 0.15) is 31.7 Å². The zero-order chi connectivity index (χ0) is 14.5. The molecule has 2 rings (SSSR count). The molecule has 0 amide bonds. The second kappa shape index (κ2) is 7.09. The lowest BCUT2D eigenvalue weighted by molar-refractivity contribution is -0.138. The lowest BCUT2D eigenvalue weighted by Crippen LogP contribution is -2.41. The van der Waals surface area contributed by atoms with Gasteiger partial charge in [-0.1, -0.05) is 23.7 Å². The van der Waals surface area contributed by atoms with E-state index in [9.17, 15) is 4.79 Å². The molecule has 0 aromatic heterocycles. The average molecular weight is 296 g/mol. The number of benzene rings is 1. The Bertz CT molecular complexity index is 438. The van der Waals surface area contributed by atoms with Crippen molar-refractivity contribution in [3.63, 3.8) is 0 Å². The average Bonchev–Trinajstić information content (AvgIpc) is 2.41. The summed E-state index contributed by atoms with van der Waals surface area (Å²) in [5.74, 6) is -0.316. The van der Waals surface area contributed by atoms with E-state index in [1.807, 2.05) is 12.1 Å². The van der Waals surface area contributed by atoms with Gasteiger partial charge in [0.15, 0.2) is 0 Å². The van der Waals surface area contributed by atoms with Gasteiger partial charge in [-0.3, -0.25) is 4.79 Å².